The smallest absolute Gasteiger partial charge is 0.0905 e. The Morgan fingerprint density at radius 3 is 2.88 bits per heavy atom. The minimum atomic E-state index is -0.339. The van der Waals surface area contributed by atoms with Gasteiger partial charge in [-0.3, -0.25) is 9.97 Å². The van der Waals surface area contributed by atoms with Crippen molar-refractivity contribution in [3.8, 4) is 0 Å². The van der Waals surface area contributed by atoms with E-state index < -0.39 is 0 Å². The van der Waals surface area contributed by atoms with Crippen molar-refractivity contribution < 1.29 is 0 Å². The number of nitrogens with two attached hydrogens (primary N) is 1. The van der Waals surface area contributed by atoms with E-state index in [1.807, 2.05) is 24.7 Å². The molecule has 0 bridgehead atoms. The summed E-state index contributed by atoms with van der Waals surface area (Å²) in [7, 11) is 4.11. The van der Waals surface area contributed by atoms with E-state index in [-0.39, 0.29) is 5.54 Å². The third kappa shape index (κ3) is 2.81. The van der Waals surface area contributed by atoms with Crippen LogP contribution in [0.3, 0.4) is 0 Å². The zero-order valence-corrected chi connectivity index (χ0v) is 14.7. The number of pyridine rings is 2. The Morgan fingerprint density at radius 2 is 2.04 bits per heavy atom. The quantitative estimate of drug-likeness (QED) is 0.799. The molecule has 0 spiro atoms. The van der Waals surface area contributed by atoms with Gasteiger partial charge in [0.2, 0.25) is 0 Å². The summed E-state index contributed by atoms with van der Waals surface area (Å²) >= 11 is 0. The van der Waals surface area contributed by atoms with E-state index in [1.165, 1.54) is 16.9 Å². The Morgan fingerprint density at radius 1 is 1.16 bits per heavy atom. The third-order valence-electron chi connectivity index (χ3n) is 5.10. The molecule has 4 rings (SSSR count). The molecule has 0 saturated carbocycles. The number of fused-ring (bicyclic) bond motifs is 1. The molecule has 3 heterocycles. The van der Waals surface area contributed by atoms with E-state index in [0.29, 0.717) is 0 Å². The Kier molecular flexibility index (Phi) is 3.81. The fourth-order valence-electron chi connectivity index (χ4n) is 3.63. The Balaban J connectivity index is 1.67. The highest BCUT2D eigenvalue weighted by molar-refractivity contribution is 5.91. The van der Waals surface area contributed by atoms with Crippen LogP contribution in [0.5, 0.6) is 0 Å². The van der Waals surface area contributed by atoms with Gasteiger partial charge in [0.15, 0.2) is 0 Å². The largest absolute Gasteiger partial charge is 0.378 e. The van der Waals surface area contributed by atoms with E-state index in [2.05, 4.69) is 64.2 Å². The number of hydrogen-bond donors (Lipinski definition) is 1. The summed E-state index contributed by atoms with van der Waals surface area (Å²) in [6.07, 6.45) is 6.41. The highest BCUT2D eigenvalue weighted by Gasteiger charge is 2.36. The first-order valence-electron chi connectivity index (χ1n) is 8.57. The highest BCUT2D eigenvalue weighted by atomic mass is 15.2. The monoisotopic (exact) mass is 333 g/mol. The molecule has 2 N–H and O–H groups in total. The molecule has 1 fully saturated rings. The van der Waals surface area contributed by atoms with E-state index in [9.17, 15) is 0 Å². The van der Waals surface area contributed by atoms with Crippen LogP contribution in [0.2, 0.25) is 0 Å². The van der Waals surface area contributed by atoms with Crippen molar-refractivity contribution in [2.45, 2.75) is 12.0 Å². The highest BCUT2D eigenvalue weighted by Crippen LogP contribution is 2.36. The molecule has 0 radical (unpaired) electrons. The summed E-state index contributed by atoms with van der Waals surface area (Å²) in [6.45, 7) is 1.73. The molecule has 1 aliphatic rings. The zero-order chi connectivity index (χ0) is 17.4. The Hall–Kier alpha value is -2.66. The molecule has 5 heteroatoms. The lowest BCUT2D eigenvalue weighted by molar-refractivity contribution is 0.499. The maximum absolute atomic E-state index is 6.83. The Bertz CT molecular complexity index is 902. The standard InChI is InChI=1S/C20H23N5/c1-24(2)16-5-3-4-15(12-16)20(21)8-11-25(14-20)19-7-10-23-18-13-22-9-6-17(18)19/h3-7,9-10,12-13H,8,11,14,21H2,1-2H3. The second kappa shape index (κ2) is 6.01. The SMILES string of the molecule is CN(C)c1cccc(C2(N)CCN(c3ccnc4cnccc34)C2)c1. The molecule has 25 heavy (non-hydrogen) atoms. The molecular formula is C20H23N5. The molecule has 3 aromatic rings. The summed E-state index contributed by atoms with van der Waals surface area (Å²) in [5, 5.41) is 1.13. The predicted octanol–water partition coefficient (Wildman–Crippen LogP) is 2.76. The minimum absolute atomic E-state index is 0.339. The minimum Gasteiger partial charge on any atom is -0.378 e. The van der Waals surface area contributed by atoms with Crippen LogP contribution < -0.4 is 15.5 Å². The maximum Gasteiger partial charge on any atom is 0.0905 e. The van der Waals surface area contributed by atoms with Gasteiger partial charge in [0, 0.05) is 56.3 Å². The van der Waals surface area contributed by atoms with Gasteiger partial charge in [-0.15, -0.1) is 0 Å². The second-order valence-corrected chi connectivity index (χ2v) is 7.00. The molecule has 0 aliphatic carbocycles. The number of hydrogen-bond acceptors (Lipinski definition) is 5. The second-order valence-electron chi connectivity index (χ2n) is 7.00. The number of rotatable bonds is 3. The van der Waals surface area contributed by atoms with Gasteiger partial charge >= 0.3 is 0 Å². The molecule has 0 amide bonds. The predicted molar refractivity (Wildman–Crippen MR) is 103 cm³/mol. The van der Waals surface area contributed by atoms with E-state index in [1.54, 1.807) is 0 Å². The summed E-state index contributed by atoms with van der Waals surface area (Å²) < 4.78 is 0. The van der Waals surface area contributed by atoms with Crippen LogP contribution in [0.25, 0.3) is 10.9 Å². The van der Waals surface area contributed by atoms with Crippen molar-refractivity contribution in [1.29, 1.82) is 0 Å². The van der Waals surface area contributed by atoms with Crippen LogP contribution in [0.15, 0.2) is 55.0 Å². The molecule has 128 valence electrons. The Labute approximate surface area is 148 Å². The number of benzene rings is 1. The summed E-state index contributed by atoms with van der Waals surface area (Å²) in [6, 6.07) is 12.7. The number of anilines is 2. The first-order valence-corrected chi connectivity index (χ1v) is 8.57. The lowest BCUT2D eigenvalue weighted by Crippen LogP contribution is -2.40. The first kappa shape index (κ1) is 15.8. The fourth-order valence-corrected chi connectivity index (χ4v) is 3.63. The lowest BCUT2D eigenvalue weighted by atomic mass is 9.90. The summed E-state index contributed by atoms with van der Waals surface area (Å²) in [4.78, 5) is 13.1. The van der Waals surface area contributed by atoms with Gasteiger partial charge < -0.3 is 15.5 Å². The van der Waals surface area contributed by atoms with Crippen LogP contribution in [0.4, 0.5) is 11.4 Å². The van der Waals surface area contributed by atoms with Crippen LogP contribution >= 0.6 is 0 Å². The van der Waals surface area contributed by atoms with Crippen LogP contribution in [0, 0.1) is 0 Å². The topological polar surface area (TPSA) is 58.3 Å². The van der Waals surface area contributed by atoms with Crippen molar-refractivity contribution in [1.82, 2.24) is 9.97 Å². The van der Waals surface area contributed by atoms with Crippen molar-refractivity contribution in [2.24, 2.45) is 5.73 Å². The molecule has 1 unspecified atom stereocenters. The zero-order valence-electron chi connectivity index (χ0n) is 14.7. The molecular weight excluding hydrogens is 310 g/mol. The van der Waals surface area contributed by atoms with Gasteiger partial charge in [-0.05, 0) is 36.2 Å². The van der Waals surface area contributed by atoms with Gasteiger partial charge in [-0.2, -0.15) is 0 Å². The van der Waals surface area contributed by atoms with Crippen molar-refractivity contribution in [2.75, 3.05) is 37.0 Å². The number of aromatic nitrogens is 2. The summed E-state index contributed by atoms with van der Waals surface area (Å²) in [5.74, 6) is 0. The van der Waals surface area contributed by atoms with E-state index >= 15 is 0 Å². The molecule has 1 aliphatic heterocycles. The normalized spacial score (nSPS) is 20.2. The van der Waals surface area contributed by atoms with Gasteiger partial charge in [-0.25, -0.2) is 0 Å². The van der Waals surface area contributed by atoms with Crippen LogP contribution in [-0.4, -0.2) is 37.2 Å². The van der Waals surface area contributed by atoms with Gasteiger partial charge in [-0.1, -0.05) is 12.1 Å². The van der Waals surface area contributed by atoms with E-state index in [4.69, 9.17) is 5.73 Å². The van der Waals surface area contributed by atoms with Crippen LogP contribution in [0.1, 0.15) is 12.0 Å². The van der Waals surface area contributed by atoms with Gasteiger partial charge in [0.25, 0.3) is 0 Å². The molecule has 5 nitrogen and oxygen atoms in total. The fraction of sp³-hybridized carbons (Fsp3) is 0.300. The van der Waals surface area contributed by atoms with Crippen LogP contribution in [-0.2, 0) is 5.54 Å². The van der Waals surface area contributed by atoms with E-state index in [0.717, 1.165) is 30.4 Å². The molecule has 1 aromatic carbocycles. The van der Waals surface area contributed by atoms with Gasteiger partial charge in [0.1, 0.15) is 0 Å². The van der Waals surface area contributed by atoms with Crippen molar-refractivity contribution >= 4 is 22.3 Å². The average Bonchev–Trinajstić information content (AvgIpc) is 3.05. The summed E-state index contributed by atoms with van der Waals surface area (Å²) in [5.41, 5.74) is 11.0. The lowest BCUT2D eigenvalue weighted by Gasteiger charge is -2.27. The first-order chi connectivity index (χ1) is 12.1. The maximum atomic E-state index is 6.83. The van der Waals surface area contributed by atoms with Crippen molar-refractivity contribution in [3.63, 3.8) is 0 Å². The number of nitrogens with zero attached hydrogens (tertiary/aromatic N) is 4. The molecule has 2 aromatic heterocycles. The average molecular weight is 333 g/mol. The third-order valence-corrected chi connectivity index (χ3v) is 5.10. The molecule has 1 saturated heterocycles. The van der Waals surface area contributed by atoms with Gasteiger partial charge in [0.05, 0.1) is 17.3 Å². The molecule has 1 atom stereocenters. The van der Waals surface area contributed by atoms with Crippen molar-refractivity contribution in [3.05, 3.63) is 60.6 Å².